The Hall–Kier alpha value is -0.770. The van der Waals surface area contributed by atoms with Gasteiger partial charge in [0.15, 0.2) is 0 Å². The number of para-hydroxylation sites is 1. The Morgan fingerprint density at radius 1 is 1.23 bits per heavy atom. The number of nitrogens with two attached hydrogens (primary N) is 1. The summed E-state index contributed by atoms with van der Waals surface area (Å²) in [6.45, 7) is 3.08. The topological polar surface area (TPSA) is 50.1 Å². The Labute approximate surface area is 86.1 Å². The van der Waals surface area contributed by atoms with Gasteiger partial charge in [0.1, 0.15) is 0 Å². The molecule has 0 aliphatic rings. The summed E-state index contributed by atoms with van der Waals surface area (Å²) >= 11 is 0. The van der Waals surface area contributed by atoms with Crippen LogP contribution < -0.4 is 16.6 Å². The summed E-state index contributed by atoms with van der Waals surface area (Å²) in [6.07, 6.45) is 0. The average molecular weight is 204 g/mol. The van der Waals surface area contributed by atoms with Crippen molar-refractivity contribution in [2.75, 3.05) is 18.9 Å². The second-order valence-electron chi connectivity index (χ2n) is 2.19. The van der Waals surface area contributed by atoms with Crippen LogP contribution in [0, 0.1) is 0 Å². The molecular formula is C9H18ClN3. The zero-order valence-corrected chi connectivity index (χ0v) is 8.90. The lowest BCUT2D eigenvalue weighted by atomic mass is 10.3. The van der Waals surface area contributed by atoms with Gasteiger partial charge in [-0.25, -0.2) is 0 Å². The molecule has 0 saturated heterocycles. The number of hydrazine groups is 1. The van der Waals surface area contributed by atoms with E-state index in [0.29, 0.717) is 0 Å². The first-order valence-corrected chi connectivity index (χ1v) is 4.01. The summed E-state index contributed by atoms with van der Waals surface area (Å²) in [5.41, 5.74) is 3.44. The minimum absolute atomic E-state index is 0. The molecule has 0 aliphatic heterocycles. The third-order valence-corrected chi connectivity index (χ3v) is 1.15. The Morgan fingerprint density at radius 2 is 1.69 bits per heavy atom. The van der Waals surface area contributed by atoms with E-state index in [2.05, 4.69) is 35.6 Å². The van der Waals surface area contributed by atoms with Crippen LogP contribution in [-0.2, 0) is 0 Å². The van der Waals surface area contributed by atoms with Crippen molar-refractivity contribution in [1.82, 2.24) is 5.43 Å². The van der Waals surface area contributed by atoms with Gasteiger partial charge in [-0.3, -0.25) is 11.3 Å². The molecule has 0 amide bonds. The fourth-order valence-corrected chi connectivity index (χ4v) is 0.760. The van der Waals surface area contributed by atoms with Gasteiger partial charge in [0, 0.05) is 12.2 Å². The zero-order chi connectivity index (χ0) is 9.23. The second kappa shape index (κ2) is 11.2. The molecule has 1 aromatic carbocycles. The smallest absolute Gasteiger partial charge is 0.0340 e. The molecule has 13 heavy (non-hydrogen) atoms. The summed E-state index contributed by atoms with van der Waals surface area (Å²) < 4.78 is 0. The predicted octanol–water partition coefficient (Wildman–Crippen LogP) is 1.62. The predicted molar refractivity (Wildman–Crippen MR) is 61.1 cm³/mol. The van der Waals surface area contributed by atoms with Gasteiger partial charge in [-0.15, -0.1) is 12.4 Å². The van der Waals surface area contributed by atoms with Crippen molar-refractivity contribution >= 4 is 18.1 Å². The van der Waals surface area contributed by atoms with E-state index in [9.17, 15) is 0 Å². The van der Waals surface area contributed by atoms with Crippen molar-refractivity contribution in [3.8, 4) is 0 Å². The Kier molecular flexibility index (Phi) is 12.7. The molecule has 4 heteroatoms. The largest absolute Gasteiger partial charge is 0.385 e. The van der Waals surface area contributed by atoms with Gasteiger partial charge in [-0.1, -0.05) is 18.2 Å². The SMILES string of the molecule is CCNc1ccccc1.CNN.Cl. The van der Waals surface area contributed by atoms with Gasteiger partial charge >= 0.3 is 0 Å². The molecule has 4 N–H and O–H groups in total. The van der Waals surface area contributed by atoms with Crippen molar-refractivity contribution in [2.45, 2.75) is 6.92 Å². The van der Waals surface area contributed by atoms with Gasteiger partial charge in [0.25, 0.3) is 0 Å². The van der Waals surface area contributed by atoms with Crippen molar-refractivity contribution in [2.24, 2.45) is 5.84 Å². The molecule has 0 radical (unpaired) electrons. The maximum atomic E-state index is 4.60. The Balaban J connectivity index is 0. The summed E-state index contributed by atoms with van der Waals surface area (Å²) in [6, 6.07) is 10.2. The van der Waals surface area contributed by atoms with Crippen LogP contribution in [0.2, 0.25) is 0 Å². The number of rotatable bonds is 2. The van der Waals surface area contributed by atoms with E-state index in [1.54, 1.807) is 7.05 Å². The molecule has 0 aromatic heterocycles. The van der Waals surface area contributed by atoms with Crippen molar-refractivity contribution in [3.05, 3.63) is 30.3 Å². The molecule has 0 fully saturated rings. The van der Waals surface area contributed by atoms with Crippen molar-refractivity contribution in [1.29, 1.82) is 0 Å². The number of hydrogen-bond acceptors (Lipinski definition) is 3. The van der Waals surface area contributed by atoms with Gasteiger partial charge in [-0.05, 0) is 26.1 Å². The average Bonchev–Trinajstić information content (AvgIpc) is 2.08. The van der Waals surface area contributed by atoms with Crippen LogP contribution in [0.3, 0.4) is 0 Å². The molecular weight excluding hydrogens is 186 g/mol. The molecule has 76 valence electrons. The number of anilines is 1. The molecule has 0 aliphatic carbocycles. The molecule has 1 rings (SSSR count). The van der Waals surface area contributed by atoms with Crippen LogP contribution in [0.25, 0.3) is 0 Å². The molecule has 0 bridgehead atoms. The Morgan fingerprint density at radius 3 is 2.08 bits per heavy atom. The van der Waals surface area contributed by atoms with Crippen LogP contribution in [0.1, 0.15) is 6.92 Å². The monoisotopic (exact) mass is 203 g/mol. The molecule has 0 saturated carbocycles. The van der Waals surface area contributed by atoms with E-state index in [4.69, 9.17) is 0 Å². The summed E-state index contributed by atoms with van der Waals surface area (Å²) in [5.74, 6) is 4.60. The van der Waals surface area contributed by atoms with Crippen LogP contribution in [0.4, 0.5) is 5.69 Å². The van der Waals surface area contributed by atoms with Crippen molar-refractivity contribution in [3.63, 3.8) is 0 Å². The first-order chi connectivity index (χ1) is 5.85. The van der Waals surface area contributed by atoms with Gasteiger partial charge < -0.3 is 5.32 Å². The third kappa shape index (κ3) is 9.14. The number of hydrogen-bond donors (Lipinski definition) is 3. The maximum absolute atomic E-state index is 4.60. The van der Waals surface area contributed by atoms with E-state index in [0.717, 1.165) is 6.54 Å². The van der Waals surface area contributed by atoms with Crippen LogP contribution in [0.5, 0.6) is 0 Å². The summed E-state index contributed by atoms with van der Waals surface area (Å²) in [7, 11) is 1.65. The second-order valence-corrected chi connectivity index (χ2v) is 2.19. The fourth-order valence-electron chi connectivity index (χ4n) is 0.760. The normalized spacial score (nSPS) is 7.62. The summed E-state index contributed by atoms with van der Waals surface area (Å²) in [4.78, 5) is 0. The lowest BCUT2D eigenvalue weighted by molar-refractivity contribution is 0.900. The first-order valence-electron chi connectivity index (χ1n) is 4.01. The van der Waals surface area contributed by atoms with Crippen LogP contribution in [0.15, 0.2) is 30.3 Å². The van der Waals surface area contributed by atoms with E-state index in [1.807, 2.05) is 18.2 Å². The standard InChI is InChI=1S/C8H11N.CH6N2.ClH/c1-2-9-8-6-4-3-5-7-8;1-3-2;/h3-7,9H,2H2,1H3;3H,2H2,1H3;1H. The highest BCUT2D eigenvalue weighted by atomic mass is 35.5. The zero-order valence-electron chi connectivity index (χ0n) is 8.08. The van der Waals surface area contributed by atoms with E-state index in [1.165, 1.54) is 5.69 Å². The highest BCUT2D eigenvalue weighted by Crippen LogP contribution is 2.02. The number of benzene rings is 1. The fraction of sp³-hybridized carbons (Fsp3) is 0.333. The molecule has 0 heterocycles. The molecule has 3 nitrogen and oxygen atoms in total. The quantitative estimate of drug-likeness (QED) is 0.506. The van der Waals surface area contributed by atoms with E-state index < -0.39 is 0 Å². The lowest BCUT2D eigenvalue weighted by Crippen LogP contribution is -2.13. The first kappa shape index (κ1) is 14.7. The highest BCUT2D eigenvalue weighted by Gasteiger charge is 1.81. The Bertz CT molecular complexity index is 179. The molecule has 0 spiro atoms. The molecule has 1 aromatic rings. The minimum atomic E-state index is 0. The van der Waals surface area contributed by atoms with Gasteiger partial charge in [0.2, 0.25) is 0 Å². The maximum Gasteiger partial charge on any atom is 0.0340 e. The third-order valence-electron chi connectivity index (χ3n) is 1.15. The highest BCUT2D eigenvalue weighted by molar-refractivity contribution is 5.85. The number of halogens is 1. The van der Waals surface area contributed by atoms with E-state index in [-0.39, 0.29) is 12.4 Å². The van der Waals surface area contributed by atoms with Crippen molar-refractivity contribution < 1.29 is 0 Å². The number of nitrogens with one attached hydrogen (secondary N) is 2. The van der Waals surface area contributed by atoms with E-state index >= 15 is 0 Å². The van der Waals surface area contributed by atoms with Gasteiger partial charge in [0.05, 0.1) is 0 Å². The van der Waals surface area contributed by atoms with Crippen LogP contribution >= 0.6 is 12.4 Å². The minimum Gasteiger partial charge on any atom is -0.385 e. The lowest BCUT2D eigenvalue weighted by Gasteiger charge is -1.99. The summed E-state index contributed by atoms with van der Waals surface area (Å²) in [5, 5.41) is 3.21. The van der Waals surface area contributed by atoms with Gasteiger partial charge in [-0.2, -0.15) is 0 Å². The molecule has 0 atom stereocenters. The van der Waals surface area contributed by atoms with Crippen LogP contribution in [-0.4, -0.2) is 13.6 Å². The molecule has 0 unspecified atom stereocenters.